The van der Waals surface area contributed by atoms with Gasteiger partial charge in [-0.2, -0.15) is 5.26 Å². The van der Waals surface area contributed by atoms with E-state index in [4.69, 9.17) is 4.74 Å². The number of carboxylic acid groups (broad SMARTS) is 1. The van der Waals surface area contributed by atoms with E-state index in [0.717, 1.165) is 0 Å². The molecule has 1 aliphatic heterocycles. The summed E-state index contributed by atoms with van der Waals surface area (Å²) in [6.45, 7) is 5.45. The van der Waals surface area contributed by atoms with Gasteiger partial charge in [-0.3, -0.25) is 0 Å². The molecule has 0 radical (unpaired) electrons. The van der Waals surface area contributed by atoms with Gasteiger partial charge in [0.15, 0.2) is 0 Å². The van der Waals surface area contributed by atoms with E-state index in [-0.39, 0.29) is 13.1 Å². The average molecular weight is 315 g/mol. The van der Waals surface area contributed by atoms with Crippen LogP contribution in [0.15, 0.2) is 24.3 Å². The number of benzene rings is 1. The third-order valence-electron chi connectivity index (χ3n) is 3.76. The van der Waals surface area contributed by atoms with E-state index in [9.17, 15) is 20.0 Å². The lowest BCUT2D eigenvalue weighted by atomic mass is 9.86. The quantitative estimate of drug-likeness (QED) is 0.819. The molecule has 2 rings (SSSR count). The first-order chi connectivity index (χ1) is 10.7. The lowest BCUT2D eigenvalue weighted by Crippen LogP contribution is -2.38. The zero-order valence-corrected chi connectivity index (χ0v) is 13.4. The van der Waals surface area contributed by atoms with E-state index in [1.54, 1.807) is 45.0 Å². The van der Waals surface area contributed by atoms with Crippen LogP contribution in [0.3, 0.4) is 0 Å². The van der Waals surface area contributed by atoms with E-state index < -0.39 is 29.5 Å². The lowest BCUT2D eigenvalue weighted by molar-refractivity contribution is -0.311. The predicted octanol–water partition coefficient (Wildman–Crippen LogP) is 1.26. The molecule has 122 valence electrons. The molecule has 1 saturated heterocycles. The van der Waals surface area contributed by atoms with Gasteiger partial charge in [0.05, 0.1) is 11.6 Å². The fourth-order valence-electron chi connectivity index (χ4n) is 2.76. The van der Waals surface area contributed by atoms with Crippen LogP contribution in [0, 0.1) is 17.2 Å². The number of hydrogen-bond donors (Lipinski definition) is 0. The molecule has 1 fully saturated rings. The Hall–Kier alpha value is -2.55. The van der Waals surface area contributed by atoms with Crippen molar-refractivity contribution in [1.82, 2.24) is 4.90 Å². The molecule has 1 aromatic carbocycles. The number of ether oxygens (including phenoxy) is 1. The van der Waals surface area contributed by atoms with Gasteiger partial charge in [0.25, 0.3) is 0 Å². The highest BCUT2D eigenvalue weighted by Crippen LogP contribution is 2.34. The van der Waals surface area contributed by atoms with Crippen molar-refractivity contribution in [2.75, 3.05) is 13.1 Å². The first-order valence-corrected chi connectivity index (χ1v) is 7.40. The Morgan fingerprint density at radius 1 is 1.30 bits per heavy atom. The summed E-state index contributed by atoms with van der Waals surface area (Å²) in [4.78, 5) is 25.0. The Bertz CT molecular complexity index is 657. The molecule has 1 aromatic rings. The minimum Gasteiger partial charge on any atom is -0.550 e. The van der Waals surface area contributed by atoms with Crippen molar-refractivity contribution in [1.29, 1.82) is 5.26 Å². The summed E-state index contributed by atoms with van der Waals surface area (Å²) in [7, 11) is 0. The molecule has 0 aliphatic carbocycles. The number of carbonyl (C=O) groups excluding carboxylic acids is 2. The van der Waals surface area contributed by atoms with E-state index in [1.807, 2.05) is 0 Å². The van der Waals surface area contributed by atoms with Crippen LogP contribution in [0.5, 0.6) is 0 Å². The second-order valence-electron chi connectivity index (χ2n) is 6.62. The zero-order chi connectivity index (χ0) is 17.2. The molecule has 23 heavy (non-hydrogen) atoms. The molecule has 1 heterocycles. The Balaban J connectivity index is 2.28. The number of aliphatic carboxylic acids is 1. The summed E-state index contributed by atoms with van der Waals surface area (Å²) in [5.74, 6) is -2.57. The summed E-state index contributed by atoms with van der Waals surface area (Å²) in [6, 6.07) is 8.89. The van der Waals surface area contributed by atoms with Crippen LogP contribution >= 0.6 is 0 Å². The van der Waals surface area contributed by atoms with Crippen molar-refractivity contribution < 1.29 is 19.4 Å². The monoisotopic (exact) mass is 315 g/mol. The summed E-state index contributed by atoms with van der Waals surface area (Å²) < 4.78 is 5.30. The first kappa shape index (κ1) is 16.8. The second kappa shape index (κ2) is 6.29. The van der Waals surface area contributed by atoms with Crippen molar-refractivity contribution >= 4 is 12.1 Å². The van der Waals surface area contributed by atoms with Crippen molar-refractivity contribution in [3.05, 3.63) is 35.4 Å². The minimum atomic E-state index is -1.23. The topological polar surface area (TPSA) is 93.5 Å². The van der Waals surface area contributed by atoms with Gasteiger partial charge >= 0.3 is 6.09 Å². The Labute approximate surface area is 135 Å². The maximum atomic E-state index is 12.2. The van der Waals surface area contributed by atoms with Gasteiger partial charge in [0.1, 0.15) is 5.60 Å². The first-order valence-electron chi connectivity index (χ1n) is 7.40. The summed E-state index contributed by atoms with van der Waals surface area (Å²) in [5.41, 5.74) is 0.376. The molecule has 6 heteroatoms. The van der Waals surface area contributed by atoms with E-state index >= 15 is 0 Å². The summed E-state index contributed by atoms with van der Waals surface area (Å²) in [5, 5.41) is 20.7. The smallest absolute Gasteiger partial charge is 0.410 e. The van der Waals surface area contributed by atoms with Gasteiger partial charge in [0, 0.05) is 30.9 Å². The number of likely N-dealkylation sites (tertiary alicyclic amines) is 1. The molecule has 0 spiro atoms. The molecule has 0 unspecified atom stereocenters. The fourth-order valence-corrected chi connectivity index (χ4v) is 2.76. The normalized spacial score (nSPS) is 20.9. The molecule has 1 aliphatic rings. The van der Waals surface area contributed by atoms with Crippen LogP contribution < -0.4 is 5.11 Å². The van der Waals surface area contributed by atoms with Crippen molar-refractivity contribution in [3.8, 4) is 6.07 Å². The number of rotatable bonds is 2. The van der Waals surface area contributed by atoms with Crippen LogP contribution in [0.4, 0.5) is 4.79 Å². The van der Waals surface area contributed by atoms with Crippen LogP contribution in [-0.2, 0) is 9.53 Å². The van der Waals surface area contributed by atoms with Crippen LogP contribution in [0.1, 0.15) is 37.8 Å². The number of nitriles is 1. The molecular weight excluding hydrogens is 296 g/mol. The average Bonchev–Trinajstić information content (AvgIpc) is 2.90. The molecule has 6 nitrogen and oxygen atoms in total. The van der Waals surface area contributed by atoms with E-state index in [0.29, 0.717) is 11.1 Å². The molecule has 0 aromatic heterocycles. The van der Waals surface area contributed by atoms with Gasteiger partial charge in [-0.1, -0.05) is 18.2 Å². The number of nitrogens with zero attached hydrogens (tertiary/aromatic N) is 2. The third-order valence-corrected chi connectivity index (χ3v) is 3.76. The Kier molecular flexibility index (Phi) is 4.60. The Morgan fingerprint density at radius 3 is 2.52 bits per heavy atom. The van der Waals surface area contributed by atoms with Crippen LogP contribution in [0.25, 0.3) is 0 Å². The molecular formula is C17H19N2O4-. The highest BCUT2D eigenvalue weighted by molar-refractivity contribution is 5.75. The standard InChI is InChI=1S/C17H20N2O4/c1-17(2,3)23-16(22)19-9-13(14(10-19)15(20)21)12-7-5-4-6-11(12)8-18/h4-7,13-14H,9-10H2,1-3H3,(H,20,21)/p-1/t13-,14+/m0/s1. The number of carbonyl (C=O) groups is 2. The van der Waals surface area contributed by atoms with Gasteiger partial charge in [-0.15, -0.1) is 0 Å². The van der Waals surface area contributed by atoms with Crippen molar-refractivity contribution in [3.63, 3.8) is 0 Å². The molecule has 0 saturated carbocycles. The Morgan fingerprint density at radius 2 is 1.96 bits per heavy atom. The molecule has 0 N–H and O–H groups in total. The van der Waals surface area contributed by atoms with Gasteiger partial charge in [-0.05, 0) is 32.4 Å². The summed E-state index contributed by atoms with van der Waals surface area (Å²) >= 11 is 0. The second-order valence-corrected chi connectivity index (χ2v) is 6.62. The van der Waals surface area contributed by atoms with Gasteiger partial charge in [0.2, 0.25) is 0 Å². The maximum Gasteiger partial charge on any atom is 0.410 e. The SMILES string of the molecule is CC(C)(C)OC(=O)N1C[C@@H](C(=O)[O-])[C@H](c2ccccc2C#N)C1. The zero-order valence-electron chi connectivity index (χ0n) is 13.4. The minimum absolute atomic E-state index is 0.0156. The fraction of sp³-hybridized carbons (Fsp3) is 0.471. The van der Waals surface area contributed by atoms with Crippen LogP contribution in [-0.4, -0.2) is 35.7 Å². The maximum absolute atomic E-state index is 12.2. The predicted molar refractivity (Wildman–Crippen MR) is 80.2 cm³/mol. The lowest BCUT2D eigenvalue weighted by Gasteiger charge is -2.24. The summed E-state index contributed by atoms with van der Waals surface area (Å²) in [6.07, 6.45) is -0.555. The highest BCUT2D eigenvalue weighted by Gasteiger charge is 2.39. The van der Waals surface area contributed by atoms with Crippen molar-refractivity contribution in [2.45, 2.75) is 32.3 Å². The number of hydrogen-bond acceptors (Lipinski definition) is 5. The van der Waals surface area contributed by atoms with Crippen molar-refractivity contribution in [2.24, 2.45) is 5.92 Å². The van der Waals surface area contributed by atoms with Crippen LogP contribution in [0.2, 0.25) is 0 Å². The third kappa shape index (κ3) is 3.81. The van der Waals surface area contributed by atoms with Gasteiger partial charge < -0.3 is 19.5 Å². The largest absolute Gasteiger partial charge is 0.550 e. The van der Waals surface area contributed by atoms with E-state index in [1.165, 1.54) is 4.90 Å². The molecule has 2 atom stereocenters. The van der Waals surface area contributed by atoms with E-state index in [2.05, 4.69) is 6.07 Å². The number of carboxylic acids is 1. The molecule has 1 amide bonds. The highest BCUT2D eigenvalue weighted by atomic mass is 16.6. The van der Waals surface area contributed by atoms with Gasteiger partial charge in [-0.25, -0.2) is 4.79 Å². The number of amides is 1. The molecule has 0 bridgehead atoms.